The van der Waals surface area contributed by atoms with E-state index in [-0.39, 0.29) is 13.2 Å². The molecule has 0 rings (SSSR count). The summed E-state index contributed by atoms with van der Waals surface area (Å²) in [6.45, 7) is 2.79. The van der Waals surface area contributed by atoms with Gasteiger partial charge in [-0.1, -0.05) is 5.23 Å². The van der Waals surface area contributed by atoms with Crippen LogP contribution in [0.3, 0.4) is 0 Å². The van der Waals surface area contributed by atoms with Crippen LogP contribution in [0.4, 0.5) is 13.2 Å². The van der Waals surface area contributed by atoms with Crippen LogP contribution in [-0.4, -0.2) is 42.4 Å². The number of alkyl halides is 3. The predicted octanol–water partition coefficient (Wildman–Crippen LogP) is 1.11. The quantitative estimate of drug-likeness (QED) is 0.677. The number of hydrogen-bond donors (Lipinski definition) is 1. The number of nitrogens with zero attached hydrogens (tertiary/aromatic N) is 1. The molecule has 1 atom stereocenters. The van der Waals surface area contributed by atoms with Crippen LogP contribution in [0.1, 0.15) is 13.8 Å². The molecule has 0 bridgehead atoms. The van der Waals surface area contributed by atoms with Crippen LogP contribution in [0, 0.1) is 0 Å². The van der Waals surface area contributed by atoms with Crippen LogP contribution >= 0.6 is 0 Å². The van der Waals surface area contributed by atoms with Gasteiger partial charge in [-0.3, -0.25) is 9.68 Å². The Morgan fingerprint density at radius 3 is 1.93 bits per heavy atom. The Balaban J connectivity index is 4.01. The lowest BCUT2D eigenvalue weighted by Gasteiger charge is -2.23. The monoisotopic (exact) mass is 217 g/mol. The van der Waals surface area contributed by atoms with Gasteiger partial charge in [0.05, 0.1) is 19.8 Å². The highest BCUT2D eigenvalue weighted by molar-refractivity contribution is 4.65. The van der Waals surface area contributed by atoms with Gasteiger partial charge in [0.25, 0.3) is 0 Å². The molecule has 1 unspecified atom stereocenters. The molecule has 0 saturated carbocycles. The van der Waals surface area contributed by atoms with E-state index in [0.29, 0.717) is 5.23 Å². The molecule has 14 heavy (non-hydrogen) atoms. The van der Waals surface area contributed by atoms with Crippen molar-refractivity contribution in [3.05, 3.63) is 0 Å². The minimum atomic E-state index is -4.66. The fraction of sp³-hybridized carbons (Fsp3) is 1.00. The Kier molecular flexibility index (Phi) is 6.01. The van der Waals surface area contributed by atoms with Crippen molar-refractivity contribution in [2.24, 2.45) is 0 Å². The van der Waals surface area contributed by atoms with Crippen molar-refractivity contribution in [3.63, 3.8) is 0 Å². The van der Waals surface area contributed by atoms with Gasteiger partial charge in [-0.15, -0.1) is 0 Å². The van der Waals surface area contributed by atoms with Crippen LogP contribution in [0.2, 0.25) is 0 Å². The van der Waals surface area contributed by atoms with Gasteiger partial charge in [-0.2, -0.15) is 13.2 Å². The number of halogens is 3. The van der Waals surface area contributed by atoms with Gasteiger partial charge < -0.3 is 5.11 Å². The van der Waals surface area contributed by atoms with Crippen LogP contribution in [0.5, 0.6) is 0 Å². The largest absolute Gasteiger partial charge is 0.415 e. The lowest BCUT2D eigenvalue weighted by Crippen LogP contribution is -2.41. The molecule has 0 aromatic rings. The molecule has 0 aromatic carbocycles. The summed E-state index contributed by atoms with van der Waals surface area (Å²) in [4.78, 5) is 9.40. The van der Waals surface area contributed by atoms with E-state index in [4.69, 9.17) is 14.8 Å². The molecule has 0 fully saturated rings. The van der Waals surface area contributed by atoms with Gasteiger partial charge in [0, 0.05) is 0 Å². The van der Waals surface area contributed by atoms with Gasteiger partial charge in [0.15, 0.2) is 6.10 Å². The van der Waals surface area contributed by atoms with E-state index in [1.54, 1.807) is 13.8 Å². The zero-order valence-electron chi connectivity index (χ0n) is 8.04. The number of hydrogen-bond acceptors (Lipinski definition) is 4. The molecular formula is C7H14F3NO3. The number of aliphatic hydroxyl groups excluding tert-OH is 1. The Morgan fingerprint density at radius 2 is 1.64 bits per heavy atom. The van der Waals surface area contributed by atoms with E-state index in [2.05, 4.69) is 0 Å². The lowest BCUT2D eigenvalue weighted by atomic mass is 10.3. The van der Waals surface area contributed by atoms with Gasteiger partial charge >= 0.3 is 6.18 Å². The standard InChI is InChI=1S/C7H14F3NO3/c1-3-13-11(14-4-2)5-6(12)7(8,9)10/h6,12H,3-5H2,1-2H3. The molecule has 0 amide bonds. The molecule has 0 saturated heterocycles. The summed E-state index contributed by atoms with van der Waals surface area (Å²) in [6, 6.07) is 0. The van der Waals surface area contributed by atoms with E-state index < -0.39 is 18.8 Å². The first kappa shape index (κ1) is 13.6. The summed E-state index contributed by atoms with van der Waals surface area (Å²) in [5.41, 5.74) is 0. The number of aliphatic hydroxyl groups is 1. The summed E-state index contributed by atoms with van der Waals surface area (Å²) in [5, 5.41) is 9.32. The van der Waals surface area contributed by atoms with Crippen molar-refractivity contribution in [1.82, 2.24) is 5.23 Å². The minimum absolute atomic E-state index is 0.171. The van der Waals surface area contributed by atoms with E-state index in [1.165, 1.54) is 0 Å². The fourth-order valence-corrected chi connectivity index (χ4v) is 0.675. The van der Waals surface area contributed by atoms with Gasteiger partial charge in [0.1, 0.15) is 0 Å². The van der Waals surface area contributed by atoms with Crippen molar-refractivity contribution in [2.45, 2.75) is 26.1 Å². The first-order chi connectivity index (χ1) is 6.41. The second-order valence-electron chi connectivity index (χ2n) is 2.41. The second-order valence-corrected chi connectivity index (χ2v) is 2.41. The number of hydroxylamine groups is 2. The van der Waals surface area contributed by atoms with Crippen LogP contribution in [-0.2, 0) is 9.68 Å². The van der Waals surface area contributed by atoms with Crippen LogP contribution in [0.15, 0.2) is 0 Å². The highest BCUT2D eigenvalue weighted by Gasteiger charge is 2.39. The molecule has 0 aliphatic carbocycles. The first-order valence-electron chi connectivity index (χ1n) is 4.20. The molecule has 4 nitrogen and oxygen atoms in total. The average Bonchev–Trinajstić information content (AvgIpc) is 2.03. The Hall–Kier alpha value is -0.370. The third-order valence-corrected chi connectivity index (χ3v) is 1.25. The maximum absolute atomic E-state index is 11.9. The van der Waals surface area contributed by atoms with E-state index in [1.807, 2.05) is 0 Å². The zero-order valence-corrected chi connectivity index (χ0v) is 8.04. The SMILES string of the molecule is CCON(CC(O)C(F)(F)F)OCC. The highest BCUT2D eigenvalue weighted by Crippen LogP contribution is 2.20. The molecule has 0 aliphatic rings. The maximum atomic E-state index is 11.9. The fourth-order valence-electron chi connectivity index (χ4n) is 0.675. The van der Waals surface area contributed by atoms with Gasteiger partial charge in [0.2, 0.25) is 0 Å². The molecule has 0 aromatic heterocycles. The maximum Gasteiger partial charge on any atom is 0.415 e. The summed E-state index contributed by atoms with van der Waals surface area (Å²) in [6.07, 6.45) is -7.13. The summed E-state index contributed by atoms with van der Waals surface area (Å²) in [7, 11) is 0. The zero-order chi connectivity index (χ0) is 11.2. The minimum Gasteiger partial charge on any atom is -0.382 e. The molecule has 1 N–H and O–H groups in total. The topological polar surface area (TPSA) is 41.9 Å². The molecule has 0 spiro atoms. The normalized spacial score (nSPS) is 14.8. The van der Waals surface area contributed by atoms with E-state index >= 15 is 0 Å². The highest BCUT2D eigenvalue weighted by atomic mass is 19.4. The van der Waals surface area contributed by atoms with Gasteiger partial charge in [-0.05, 0) is 13.8 Å². The molecule has 7 heteroatoms. The molecule has 0 aliphatic heterocycles. The summed E-state index contributed by atoms with van der Waals surface area (Å²) in [5.74, 6) is 0. The summed E-state index contributed by atoms with van der Waals surface area (Å²) < 4.78 is 35.7. The summed E-state index contributed by atoms with van der Waals surface area (Å²) >= 11 is 0. The van der Waals surface area contributed by atoms with Crippen molar-refractivity contribution in [3.8, 4) is 0 Å². The first-order valence-corrected chi connectivity index (χ1v) is 4.20. The smallest absolute Gasteiger partial charge is 0.382 e. The predicted molar refractivity (Wildman–Crippen MR) is 42.0 cm³/mol. The number of rotatable bonds is 6. The van der Waals surface area contributed by atoms with Crippen molar-refractivity contribution in [1.29, 1.82) is 0 Å². The third-order valence-electron chi connectivity index (χ3n) is 1.25. The second kappa shape index (κ2) is 6.18. The van der Waals surface area contributed by atoms with Crippen molar-refractivity contribution in [2.75, 3.05) is 19.8 Å². The third kappa shape index (κ3) is 5.38. The molecule has 0 heterocycles. The van der Waals surface area contributed by atoms with E-state index in [9.17, 15) is 13.2 Å². The molecule has 0 radical (unpaired) electrons. The molecule has 86 valence electrons. The van der Waals surface area contributed by atoms with Crippen molar-refractivity contribution < 1.29 is 28.0 Å². The Morgan fingerprint density at radius 1 is 1.21 bits per heavy atom. The van der Waals surface area contributed by atoms with Crippen LogP contribution < -0.4 is 0 Å². The Labute approximate surface area is 80.1 Å². The van der Waals surface area contributed by atoms with Crippen molar-refractivity contribution >= 4 is 0 Å². The van der Waals surface area contributed by atoms with E-state index in [0.717, 1.165) is 0 Å². The molecular weight excluding hydrogens is 203 g/mol. The average molecular weight is 217 g/mol. The Bertz CT molecular complexity index is 148. The van der Waals surface area contributed by atoms with Crippen LogP contribution in [0.25, 0.3) is 0 Å². The lowest BCUT2D eigenvalue weighted by molar-refractivity contribution is -0.381. The van der Waals surface area contributed by atoms with Gasteiger partial charge in [-0.25, -0.2) is 0 Å².